The SMILES string of the molecule is Cc1nc(NC(=O)c2ccc(S(=O)(=O)NC(C)C)cc2)sc1-c1nccn1C(F)F. The van der Waals surface area contributed by atoms with Crippen molar-refractivity contribution in [1.82, 2.24) is 19.3 Å². The van der Waals surface area contributed by atoms with E-state index in [2.05, 4.69) is 20.0 Å². The standard InChI is InChI=1S/C18H19F2N5O3S2/c1-10(2)24-30(27,28)13-6-4-12(5-7-13)16(26)23-18-22-11(3)14(29-18)15-21-8-9-25(15)17(19)20/h4-10,17,24H,1-3H3,(H,22,23,26). The Hall–Kier alpha value is -2.70. The minimum atomic E-state index is -3.66. The molecule has 0 aliphatic rings. The number of anilines is 1. The van der Waals surface area contributed by atoms with Crippen LogP contribution in [-0.2, 0) is 10.0 Å². The molecule has 1 amide bonds. The first-order valence-corrected chi connectivity index (χ1v) is 11.1. The van der Waals surface area contributed by atoms with Crippen LogP contribution >= 0.6 is 11.3 Å². The zero-order chi connectivity index (χ0) is 22.1. The van der Waals surface area contributed by atoms with Crippen molar-refractivity contribution in [2.24, 2.45) is 0 Å². The number of carbonyl (C=O) groups is 1. The summed E-state index contributed by atoms with van der Waals surface area (Å²) >= 11 is 1.02. The quantitative estimate of drug-likeness (QED) is 0.566. The van der Waals surface area contributed by atoms with E-state index in [0.29, 0.717) is 10.6 Å². The number of thiazole rings is 1. The second-order valence-electron chi connectivity index (χ2n) is 6.62. The average molecular weight is 456 g/mol. The van der Waals surface area contributed by atoms with E-state index in [-0.39, 0.29) is 27.5 Å². The molecule has 3 aromatic rings. The van der Waals surface area contributed by atoms with Crippen molar-refractivity contribution >= 4 is 32.4 Å². The fourth-order valence-electron chi connectivity index (χ4n) is 2.64. The van der Waals surface area contributed by atoms with Gasteiger partial charge in [-0.15, -0.1) is 0 Å². The van der Waals surface area contributed by atoms with E-state index >= 15 is 0 Å². The van der Waals surface area contributed by atoms with Gasteiger partial charge in [0.1, 0.15) is 0 Å². The van der Waals surface area contributed by atoms with E-state index in [1.807, 2.05) is 0 Å². The predicted molar refractivity (Wildman–Crippen MR) is 109 cm³/mol. The average Bonchev–Trinajstić information content (AvgIpc) is 3.27. The normalized spacial score (nSPS) is 12.0. The number of nitrogens with one attached hydrogen (secondary N) is 2. The Bertz CT molecular complexity index is 1150. The fourth-order valence-corrected chi connectivity index (χ4v) is 4.85. The van der Waals surface area contributed by atoms with Crippen LogP contribution in [0.5, 0.6) is 0 Å². The predicted octanol–water partition coefficient (Wildman–Crippen LogP) is 3.65. The van der Waals surface area contributed by atoms with Crippen molar-refractivity contribution in [1.29, 1.82) is 0 Å². The molecule has 0 fully saturated rings. The van der Waals surface area contributed by atoms with Gasteiger partial charge in [-0.05, 0) is 45.0 Å². The number of aryl methyl sites for hydroxylation is 1. The Morgan fingerprint density at radius 1 is 1.20 bits per heavy atom. The summed E-state index contributed by atoms with van der Waals surface area (Å²) in [6.07, 6.45) is 2.43. The molecule has 160 valence electrons. The molecule has 0 saturated heterocycles. The van der Waals surface area contributed by atoms with Gasteiger partial charge in [0, 0.05) is 24.0 Å². The third-order valence-corrected chi connectivity index (χ3v) is 6.66. The number of carbonyl (C=O) groups excluding carboxylic acids is 1. The van der Waals surface area contributed by atoms with Crippen LogP contribution < -0.4 is 10.0 Å². The highest BCUT2D eigenvalue weighted by Crippen LogP contribution is 2.33. The maximum atomic E-state index is 13.1. The van der Waals surface area contributed by atoms with E-state index in [1.165, 1.54) is 36.7 Å². The third-order valence-electron chi connectivity index (χ3n) is 3.92. The zero-order valence-corrected chi connectivity index (χ0v) is 17.9. The van der Waals surface area contributed by atoms with E-state index in [4.69, 9.17) is 0 Å². The molecule has 2 N–H and O–H groups in total. The van der Waals surface area contributed by atoms with Crippen molar-refractivity contribution in [3.8, 4) is 10.7 Å². The first kappa shape index (κ1) is 22.0. The van der Waals surface area contributed by atoms with E-state index < -0.39 is 22.5 Å². The highest BCUT2D eigenvalue weighted by atomic mass is 32.2. The number of amides is 1. The van der Waals surface area contributed by atoms with Gasteiger partial charge in [0.25, 0.3) is 5.91 Å². The summed E-state index contributed by atoms with van der Waals surface area (Å²) in [5, 5.41) is 2.82. The number of sulfonamides is 1. The largest absolute Gasteiger partial charge is 0.320 e. The van der Waals surface area contributed by atoms with Gasteiger partial charge in [-0.1, -0.05) is 11.3 Å². The van der Waals surface area contributed by atoms with Gasteiger partial charge in [0.2, 0.25) is 10.0 Å². The van der Waals surface area contributed by atoms with E-state index in [1.54, 1.807) is 20.8 Å². The molecule has 2 aromatic heterocycles. The number of rotatable bonds is 7. The van der Waals surface area contributed by atoms with E-state index in [9.17, 15) is 22.0 Å². The third kappa shape index (κ3) is 4.71. The number of hydrogen-bond acceptors (Lipinski definition) is 6. The molecular weight excluding hydrogens is 436 g/mol. The summed E-state index contributed by atoms with van der Waals surface area (Å²) in [6, 6.07) is 5.17. The van der Waals surface area contributed by atoms with Crippen LogP contribution in [-0.4, -0.2) is 34.9 Å². The summed E-state index contributed by atoms with van der Waals surface area (Å²) in [5.74, 6) is -0.444. The lowest BCUT2D eigenvalue weighted by atomic mass is 10.2. The molecule has 3 rings (SSSR count). The molecule has 12 heteroatoms. The highest BCUT2D eigenvalue weighted by Gasteiger charge is 2.20. The van der Waals surface area contributed by atoms with Gasteiger partial charge in [-0.3, -0.25) is 14.7 Å². The summed E-state index contributed by atoms with van der Waals surface area (Å²) in [7, 11) is -3.66. The molecule has 0 unspecified atom stereocenters. The zero-order valence-electron chi connectivity index (χ0n) is 16.3. The summed E-state index contributed by atoms with van der Waals surface area (Å²) < 4.78 is 53.7. The van der Waals surface area contributed by atoms with Gasteiger partial charge < -0.3 is 0 Å². The van der Waals surface area contributed by atoms with Crippen molar-refractivity contribution < 1.29 is 22.0 Å². The van der Waals surface area contributed by atoms with Gasteiger partial charge in [0.05, 0.1) is 15.5 Å². The monoisotopic (exact) mass is 455 g/mol. The molecule has 8 nitrogen and oxygen atoms in total. The molecule has 0 radical (unpaired) electrons. The Labute approximate surface area is 176 Å². The molecule has 0 spiro atoms. The minimum absolute atomic E-state index is 0.0407. The van der Waals surface area contributed by atoms with Crippen LogP contribution in [0.3, 0.4) is 0 Å². The molecule has 0 bridgehead atoms. The second-order valence-corrected chi connectivity index (χ2v) is 9.34. The van der Waals surface area contributed by atoms with Crippen LogP contribution in [0.25, 0.3) is 10.7 Å². The van der Waals surface area contributed by atoms with Crippen LogP contribution in [0.15, 0.2) is 41.6 Å². The molecule has 0 aliphatic carbocycles. The summed E-state index contributed by atoms with van der Waals surface area (Å²) in [4.78, 5) is 21.1. The lowest BCUT2D eigenvalue weighted by Crippen LogP contribution is -2.30. The first-order chi connectivity index (χ1) is 14.1. The Morgan fingerprint density at radius 2 is 1.87 bits per heavy atom. The Balaban J connectivity index is 1.78. The molecule has 0 saturated carbocycles. The number of halogens is 2. The minimum Gasteiger partial charge on any atom is -0.298 e. The smallest absolute Gasteiger partial charge is 0.298 e. The highest BCUT2D eigenvalue weighted by molar-refractivity contribution is 7.89. The number of aromatic nitrogens is 3. The van der Waals surface area contributed by atoms with Crippen LogP contribution in [0.2, 0.25) is 0 Å². The first-order valence-electron chi connectivity index (χ1n) is 8.81. The molecule has 30 heavy (non-hydrogen) atoms. The van der Waals surface area contributed by atoms with Crippen molar-refractivity contribution in [2.45, 2.75) is 38.3 Å². The van der Waals surface area contributed by atoms with Crippen LogP contribution in [0, 0.1) is 6.92 Å². The topological polar surface area (TPSA) is 106 Å². The van der Waals surface area contributed by atoms with Crippen molar-refractivity contribution in [2.75, 3.05) is 5.32 Å². The second kappa shape index (κ2) is 8.58. The Kier molecular flexibility index (Phi) is 6.29. The number of alkyl halides is 2. The number of imidazole rings is 1. The van der Waals surface area contributed by atoms with Gasteiger partial charge in [-0.25, -0.2) is 23.1 Å². The number of hydrogen-bond donors (Lipinski definition) is 2. The Morgan fingerprint density at radius 3 is 2.47 bits per heavy atom. The molecule has 1 aromatic carbocycles. The molecule has 2 heterocycles. The maximum absolute atomic E-state index is 13.1. The van der Waals surface area contributed by atoms with Gasteiger partial charge in [0.15, 0.2) is 11.0 Å². The van der Waals surface area contributed by atoms with Gasteiger partial charge >= 0.3 is 6.55 Å². The molecular formula is C18H19F2N5O3S2. The number of nitrogens with zero attached hydrogens (tertiary/aromatic N) is 3. The summed E-state index contributed by atoms with van der Waals surface area (Å²) in [5.41, 5.74) is 0.673. The fraction of sp³-hybridized carbons (Fsp3) is 0.278. The lowest BCUT2D eigenvalue weighted by Gasteiger charge is -2.10. The summed E-state index contributed by atoms with van der Waals surface area (Å²) in [6.45, 7) is 2.30. The molecule has 0 aliphatic heterocycles. The van der Waals surface area contributed by atoms with E-state index in [0.717, 1.165) is 15.9 Å². The number of benzene rings is 1. The lowest BCUT2D eigenvalue weighted by molar-refractivity contribution is 0.0720. The van der Waals surface area contributed by atoms with Crippen molar-refractivity contribution in [3.63, 3.8) is 0 Å². The van der Waals surface area contributed by atoms with Crippen LogP contribution in [0.1, 0.15) is 36.4 Å². The maximum Gasteiger partial charge on any atom is 0.320 e. The van der Waals surface area contributed by atoms with Crippen LogP contribution in [0.4, 0.5) is 13.9 Å². The molecule has 0 atom stereocenters. The van der Waals surface area contributed by atoms with Gasteiger partial charge in [-0.2, -0.15) is 8.78 Å². The van der Waals surface area contributed by atoms with Crippen molar-refractivity contribution in [3.05, 3.63) is 47.9 Å².